The SMILES string of the molecule is Cc1cc(Oc2ncccn2)ccc1NC(=O)C1(N)CCCCC1. The maximum atomic E-state index is 12.5. The van der Waals surface area contributed by atoms with E-state index in [4.69, 9.17) is 10.5 Å². The Labute approximate surface area is 141 Å². The topological polar surface area (TPSA) is 90.1 Å². The van der Waals surface area contributed by atoms with Gasteiger partial charge in [0.25, 0.3) is 0 Å². The fraction of sp³-hybridized carbons (Fsp3) is 0.389. The third-order valence-electron chi connectivity index (χ3n) is 4.40. The van der Waals surface area contributed by atoms with Crippen LogP contribution in [0.15, 0.2) is 36.7 Å². The van der Waals surface area contributed by atoms with Gasteiger partial charge in [0.1, 0.15) is 5.75 Å². The Kier molecular flexibility index (Phi) is 4.76. The molecule has 1 aromatic heterocycles. The summed E-state index contributed by atoms with van der Waals surface area (Å²) in [5.41, 5.74) is 7.17. The summed E-state index contributed by atoms with van der Waals surface area (Å²) in [4.78, 5) is 20.6. The number of carbonyl (C=O) groups is 1. The van der Waals surface area contributed by atoms with Gasteiger partial charge < -0.3 is 15.8 Å². The number of rotatable bonds is 4. The molecule has 0 spiro atoms. The van der Waals surface area contributed by atoms with Gasteiger partial charge in [0, 0.05) is 18.1 Å². The molecule has 0 aliphatic heterocycles. The second-order valence-electron chi connectivity index (χ2n) is 6.28. The van der Waals surface area contributed by atoms with Crippen LogP contribution in [-0.2, 0) is 4.79 Å². The van der Waals surface area contributed by atoms with Gasteiger partial charge in [-0.05, 0) is 49.6 Å². The van der Waals surface area contributed by atoms with Crippen molar-refractivity contribution in [2.24, 2.45) is 5.73 Å². The number of hydrogen-bond acceptors (Lipinski definition) is 5. The molecule has 6 nitrogen and oxygen atoms in total. The van der Waals surface area contributed by atoms with Gasteiger partial charge in [-0.15, -0.1) is 0 Å². The Balaban J connectivity index is 1.69. The molecule has 3 N–H and O–H groups in total. The van der Waals surface area contributed by atoms with Crippen LogP contribution in [0.25, 0.3) is 0 Å². The highest BCUT2D eigenvalue weighted by molar-refractivity contribution is 5.98. The van der Waals surface area contributed by atoms with Crippen molar-refractivity contribution in [2.75, 3.05) is 5.32 Å². The van der Waals surface area contributed by atoms with Crippen molar-refractivity contribution in [1.82, 2.24) is 9.97 Å². The molecule has 1 aliphatic rings. The first kappa shape index (κ1) is 16.4. The summed E-state index contributed by atoms with van der Waals surface area (Å²) in [5, 5.41) is 2.96. The highest BCUT2D eigenvalue weighted by Gasteiger charge is 2.35. The molecule has 1 fully saturated rings. The van der Waals surface area contributed by atoms with Gasteiger partial charge in [-0.25, -0.2) is 9.97 Å². The third-order valence-corrected chi connectivity index (χ3v) is 4.40. The standard InChI is InChI=1S/C18H22N4O2/c1-13-12-14(24-17-20-10-5-11-21-17)6-7-15(13)22-16(23)18(19)8-3-2-4-9-18/h5-7,10-12H,2-4,8-9,19H2,1H3,(H,22,23). The molecule has 3 rings (SSSR count). The van der Waals surface area contributed by atoms with E-state index in [2.05, 4.69) is 15.3 Å². The van der Waals surface area contributed by atoms with Crippen molar-refractivity contribution in [1.29, 1.82) is 0 Å². The summed E-state index contributed by atoms with van der Waals surface area (Å²) < 4.78 is 5.60. The van der Waals surface area contributed by atoms with E-state index >= 15 is 0 Å². The number of hydrogen-bond donors (Lipinski definition) is 2. The number of aromatic nitrogens is 2. The predicted octanol–water partition coefficient (Wildman–Crippen LogP) is 3.18. The Morgan fingerprint density at radius 2 is 1.92 bits per heavy atom. The van der Waals surface area contributed by atoms with Crippen molar-refractivity contribution in [2.45, 2.75) is 44.6 Å². The van der Waals surface area contributed by atoms with E-state index in [0.717, 1.165) is 43.4 Å². The molecular formula is C18H22N4O2. The van der Waals surface area contributed by atoms with Crippen LogP contribution in [0.3, 0.4) is 0 Å². The number of benzene rings is 1. The molecule has 0 saturated heterocycles. The average molecular weight is 326 g/mol. The predicted molar refractivity (Wildman–Crippen MR) is 91.9 cm³/mol. The lowest BCUT2D eigenvalue weighted by Crippen LogP contribution is -2.52. The summed E-state index contributed by atoms with van der Waals surface area (Å²) >= 11 is 0. The van der Waals surface area contributed by atoms with Crippen LogP contribution in [0.4, 0.5) is 5.69 Å². The maximum Gasteiger partial charge on any atom is 0.321 e. The Hall–Kier alpha value is -2.47. The first-order valence-electron chi connectivity index (χ1n) is 8.23. The third kappa shape index (κ3) is 3.71. The minimum Gasteiger partial charge on any atom is -0.424 e. The molecular weight excluding hydrogens is 304 g/mol. The van der Waals surface area contributed by atoms with Crippen LogP contribution in [0.5, 0.6) is 11.8 Å². The highest BCUT2D eigenvalue weighted by Crippen LogP contribution is 2.29. The molecule has 1 aliphatic carbocycles. The summed E-state index contributed by atoms with van der Waals surface area (Å²) in [5.74, 6) is 0.516. The zero-order chi connectivity index (χ0) is 17.0. The van der Waals surface area contributed by atoms with E-state index < -0.39 is 5.54 Å². The molecule has 126 valence electrons. The van der Waals surface area contributed by atoms with E-state index in [-0.39, 0.29) is 11.9 Å². The Bertz CT molecular complexity index is 712. The molecule has 6 heteroatoms. The van der Waals surface area contributed by atoms with E-state index in [9.17, 15) is 4.79 Å². The number of nitrogens with one attached hydrogen (secondary N) is 1. The fourth-order valence-corrected chi connectivity index (χ4v) is 2.94. The van der Waals surface area contributed by atoms with Crippen LogP contribution in [0, 0.1) is 6.92 Å². The summed E-state index contributed by atoms with van der Waals surface area (Å²) in [6.07, 6.45) is 7.89. The monoisotopic (exact) mass is 326 g/mol. The number of aryl methyl sites for hydroxylation is 1. The second-order valence-corrected chi connectivity index (χ2v) is 6.28. The summed E-state index contributed by atoms with van der Waals surface area (Å²) in [7, 11) is 0. The normalized spacial score (nSPS) is 16.4. The smallest absolute Gasteiger partial charge is 0.321 e. The van der Waals surface area contributed by atoms with Crippen molar-refractivity contribution < 1.29 is 9.53 Å². The van der Waals surface area contributed by atoms with Crippen molar-refractivity contribution in [3.8, 4) is 11.8 Å². The molecule has 0 atom stereocenters. The van der Waals surface area contributed by atoms with Crippen molar-refractivity contribution in [3.63, 3.8) is 0 Å². The largest absolute Gasteiger partial charge is 0.424 e. The lowest BCUT2D eigenvalue weighted by Gasteiger charge is -2.32. The molecule has 24 heavy (non-hydrogen) atoms. The highest BCUT2D eigenvalue weighted by atomic mass is 16.5. The van der Waals surface area contributed by atoms with E-state index in [1.54, 1.807) is 24.5 Å². The van der Waals surface area contributed by atoms with E-state index in [0.29, 0.717) is 5.75 Å². The summed E-state index contributed by atoms with van der Waals surface area (Å²) in [6.45, 7) is 1.92. The Morgan fingerprint density at radius 1 is 1.21 bits per heavy atom. The van der Waals surface area contributed by atoms with Crippen LogP contribution in [0.1, 0.15) is 37.7 Å². The Morgan fingerprint density at radius 3 is 2.58 bits per heavy atom. The molecule has 1 saturated carbocycles. The minimum atomic E-state index is -0.752. The van der Waals surface area contributed by atoms with E-state index in [1.165, 1.54) is 0 Å². The van der Waals surface area contributed by atoms with Gasteiger partial charge in [-0.3, -0.25) is 4.79 Å². The molecule has 1 aromatic carbocycles. The molecule has 0 radical (unpaired) electrons. The van der Waals surface area contributed by atoms with Gasteiger partial charge in [0.15, 0.2) is 0 Å². The first-order chi connectivity index (χ1) is 11.6. The second kappa shape index (κ2) is 6.97. The van der Waals surface area contributed by atoms with Crippen molar-refractivity contribution >= 4 is 11.6 Å². The van der Waals surface area contributed by atoms with Crippen LogP contribution >= 0.6 is 0 Å². The number of ether oxygens (including phenoxy) is 1. The molecule has 2 aromatic rings. The number of anilines is 1. The first-order valence-corrected chi connectivity index (χ1v) is 8.23. The van der Waals surface area contributed by atoms with Gasteiger partial charge in [-0.2, -0.15) is 0 Å². The lowest BCUT2D eigenvalue weighted by molar-refractivity contribution is -0.122. The van der Waals surface area contributed by atoms with Gasteiger partial charge in [0.05, 0.1) is 5.54 Å². The zero-order valence-corrected chi connectivity index (χ0v) is 13.8. The van der Waals surface area contributed by atoms with Gasteiger partial charge in [0.2, 0.25) is 5.91 Å². The zero-order valence-electron chi connectivity index (χ0n) is 13.8. The lowest BCUT2D eigenvalue weighted by atomic mass is 9.82. The summed E-state index contributed by atoms with van der Waals surface area (Å²) in [6, 6.07) is 7.46. The van der Waals surface area contributed by atoms with Crippen molar-refractivity contribution in [3.05, 3.63) is 42.2 Å². The van der Waals surface area contributed by atoms with E-state index in [1.807, 2.05) is 19.1 Å². The number of carbonyl (C=O) groups excluding carboxylic acids is 1. The maximum absolute atomic E-state index is 12.5. The number of amides is 1. The average Bonchev–Trinajstić information content (AvgIpc) is 2.59. The minimum absolute atomic E-state index is 0.106. The van der Waals surface area contributed by atoms with Crippen LogP contribution in [-0.4, -0.2) is 21.4 Å². The molecule has 0 unspecified atom stereocenters. The van der Waals surface area contributed by atoms with Gasteiger partial charge in [-0.1, -0.05) is 19.3 Å². The number of nitrogens with two attached hydrogens (primary N) is 1. The molecule has 1 heterocycles. The molecule has 0 bridgehead atoms. The van der Waals surface area contributed by atoms with Crippen LogP contribution in [0.2, 0.25) is 0 Å². The fourth-order valence-electron chi connectivity index (χ4n) is 2.94. The number of nitrogens with zero attached hydrogens (tertiary/aromatic N) is 2. The quantitative estimate of drug-likeness (QED) is 0.900. The molecule has 1 amide bonds. The van der Waals surface area contributed by atoms with Crippen LogP contribution < -0.4 is 15.8 Å². The van der Waals surface area contributed by atoms with Gasteiger partial charge >= 0.3 is 6.01 Å².